The Kier molecular flexibility index (Phi) is 4.12. The Morgan fingerprint density at radius 2 is 2.22 bits per heavy atom. The minimum absolute atomic E-state index is 0.366. The summed E-state index contributed by atoms with van der Waals surface area (Å²) in [4.78, 5) is 2.41. The fourth-order valence-corrected chi connectivity index (χ4v) is 2.74. The molecular formula is C15H24N2O. The molecule has 0 aliphatic carbocycles. The molecule has 3 nitrogen and oxygen atoms in total. The number of rotatable bonds is 3. The van der Waals surface area contributed by atoms with E-state index in [1.165, 1.54) is 25.9 Å². The van der Waals surface area contributed by atoms with Crippen LogP contribution in [0.1, 0.15) is 25.3 Å². The third kappa shape index (κ3) is 3.16. The molecule has 0 saturated carbocycles. The van der Waals surface area contributed by atoms with Crippen LogP contribution in [0.15, 0.2) is 18.2 Å². The quantitative estimate of drug-likeness (QED) is 0.807. The second-order valence-corrected chi connectivity index (χ2v) is 5.60. The number of aryl methyl sites for hydroxylation is 1. The molecule has 0 radical (unpaired) electrons. The maximum Gasteiger partial charge on any atom is 0.118 e. The molecule has 0 bridgehead atoms. The van der Waals surface area contributed by atoms with Crippen molar-refractivity contribution < 1.29 is 5.11 Å². The fraction of sp³-hybridized carbons (Fsp3) is 0.600. The van der Waals surface area contributed by atoms with Gasteiger partial charge in [-0.1, -0.05) is 0 Å². The Labute approximate surface area is 110 Å². The van der Waals surface area contributed by atoms with Crippen molar-refractivity contribution >= 4 is 5.69 Å². The Bertz CT molecular complexity index is 405. The Morgan fingerprint density at radius 3 is 2.89 bits per heavy atom. The zero-order valence-corrected chi connectivity index (χ0v) is 11.6. The zero-order valence-electron chi connectivity index (χ0n) is 11.6. The van der Waals surface area contributed by atoms with Crippen LogP contribution in [0.5, 0.6) is 5.75 Å². The number of nitrogens with one attached hydrogen (secondary N) is 1. The molecule has 1 saturated heterocycles. The van der Waals surface area contributed by atoms with Crippen LogP contribution in [0.2, 0.25) is 0 Å². The van der Waals surface area contributed by atoms with Gasteiger partial charge in [-0.25, -0.2) is 0 Å². The van der Waals surface area contributed by atoms with Gasteiger partial charge in [0.25, 0.3) is 0 Å². The van der Waals surface area contributed by atoms with Crippen molar-refractivity contribution in [1.29, 1.82) is 0 Å². The third-order valence-electron chi connectivity index (χ3n) is 3.96. The van der Waals surface area contributed by atoms with Crippen molar-refractivity contribution in [2.75, 3.05) is 25.5 Å². The Morgan fingerprint density at radius 1 is 1.44 bits per heavy atom. The molecule has 18 heavy (non-hydrogen) atoms. The maximum atomic E-state index is 9.53. The molecule has 3 heteroatoms. The summed E-state index contributed by atoms with van der Waals surface area (Å²) in [7, 11) is 2.20. The number of aromatic hydroxyl groups is 1. The standard InChI is InChI=1S/C15H24N2O/c1-11-9-14(6-7-15(11)18)16-12(2)13-5-4-8-17(3)10-13/h6-7,9,12-13,16,18H,4-5,8,10H2,1-3H3. The largest absolute Gasteiger partial charge is 0.508 e. The first-order valence-electron chi connectivity index (χ1n) is 6.81. The first-order valence-corrected chi connectivity index (χ1v) is 6.81. The molecule has 0 amide bonds. The normalized spacial score (nSPS) is 22.7. The molecule has 1 fully saturated rings. The Balaban J connectivity index is 1.97. The van der Waals surface area contributed by atoms with Gasteiger partial charge in [0.2, 0.25) is 0 Å². The van der Waals surface area contributed by atoms with Gasteiger partial charge in [0.1, 0.15) is 5.75 Å². The number of phenolic OH excluding ortho intramolecular Hbond substituents is 1. The number of hydrogen-bond donors (Lipinski definition) is 2. The lowest BCUT2D eigenvalue weighted by Gasteiger charge is -2.34. The highest BCUT2D eigenvalue weighted by Gasteiger charge is 2.22. The predicted octanol–water partition coefficient (Wildman–Crippen LogP) is 2.84. The van der Waals surface area contributed by atoms with Gasteiger partial charge in [-0.15, -0.1) is 0 Å². The molecule has 100 valence electrons. The highest BCUT2D eigenvalue weighted by atomic mass is 16.3. The van der Waals surface area contributed by atoms with Gasteiger partial charge in [0.15, 0.2) is 0 Å². The van der Waals surface area contributed by atoms with Gasteiger partial charge >= 0.3 is 0 Å². The number of hydrogen-bond acceptors (Lipinski definition) is 3. The minimum Gasteiger partial charge on any atom is -0.508 e. The maximum absolute atomic E-state index is 9.53. The third-order valence-corrected chi connectivity index (χ3v) is 3.96. The van der Waals surface area contributed by atoms with Gasteiger partial charge in [0.05, 0.1) is 0 Å². The van der Waals surface area contributed by atoms with Crippen molar-refractivity contribution in [2.24, 2.45) is 5.92 Å². The first kappa shape index (κ1) is 13.2. The van der Waals surface area contributed by atoms with Crippen LogP contribution in [-0.2, 0) is 0 Å². The molecule has 0 spiro atoms. The van der Waals surface area contributed by atoms with Crippen molar-refractivity contribution in [3.05, 3.63) is 23.8 Å². The Hall–Kier alpha value is -1.22. The number of likely N-dealkylation sites (tertiary alicyclic amines) is 1. The molecule has 1 aliphatic rings. The fourth-order valence-electron chi connectivity index (χ4n) is 2.74. The zero-order chi connectivity index (χ0) is 13.1. The molecule has 2 rings (SSSR count). The van der Waals surface area contributed by atoms with E-state index in [0.717, 1.165) is 11.3 Å². The monoisotopic (exact) mass is 248 g/mol. The number of benzene rings is 1. The number of phenols is 1. The summed E-state index contributed by atoms with van der Waals surface area (Å²) < 4.78 is 0. The number of piperidine rings is 1. The molecular weight excluding hydrogens is 224 g/mol. The van der Waals surface area contributed by atoms with Crippen LogP contribution in [0.4, 0.5) is 5.69 Å². The summed E-state index contributed by atoms with van der Waals surface area (Å²) in [6.07, 6.45) is 2.59. The van der Waals surface area contributed by atoms with E-state index in [2.05, 4.69) is 24.2 Å². The molecule has 1 heterocycles. The van der Waals surface area contributed by atoms with Crippen LogP contribution < -0.4 is 5.32 Å². The van der Waals surface area contributed by atoms with Crippen LogP contribution in [-0.4, -0.2) is 36.2 Å². The first-order chi connectivity index (χ1) is 8.56. The van der Waals surface area contributed by atoms with Crippen LogP contribution in [0.25, 0.3) is 0 Å². The van der Waals surface area contributed by atoms with Crippen molar-refractivity contribution in [1.82, 2.24) is 4.90 Å². The van der Waals surface area contributed by atoms with Gasteiger partial charge in [0, 0.05) is 18.3 Å². The predicted molar refractivity (Wildman–Crippen MR) is 76.1 cm³/mol. The van der Waals surface area contributed by atoms with Crippen LogP contribution in [0.3, 0.4) is 0 Å². The highest BCUT2D eigenvalue weighted by Crippen LogP contribution is 2.24. The summed E-state index contributed by atoms with van der Waals surface area (Å²) in [5.41, 5.74) is 2.03. The molecule has 2 unspecified atom stereocenters. The number of anilines is 1. The van der Waals surface area contributed by atoms with Crippen LogP contribution >= 0.6 is 0 Å². The van der Waals surface area contributed by atoms with Crippen molar-refractivity contribution in [3.63, 3.8) is 0 Å². The lowest BCUT2D eigenvalue weighted by Crippen LogP contribution is -2.39. The average Bonchev–Trinajstić information content (AvgIpc) is 2.34. The number of nitrogens with zero attached hydrogens (tertiary/aromatic N) is 1. The second-order valence-electron chi connectivity index (χ2n) is 5.60. The van der Waals surface area contributed by atoms with E-state index in [4.69, 9.17) is 0 Å². The van der Waals surface area contributed by atoms with E-state index in [1.54, 1.807) is 6.07 Å². The van der Waals surface area contributed by atoms with Gasteiger partial charge in [-0.05, 0) is 70.0 Å². The molecule has 0 aromatic heterocycles. The topological polar surface area (TPSA) is 35.5 Å². The summed E-state index contributed by atoms with van der Waals surface area (Å²) >= 11 is 0. The van der Waals surface area contributed by atoms with Gasteiger partial charge in [-0.2, -0.15) is 0 Å². The van der Waals surface area contributed by atoms with E-state index in [0.29, 0.717) is 17.7 Å². The lowest BCUT2D eigenvalue weighted by atomic mass is 9.91. The summed E-state index contributed by atoms with van der Waals surface area (Å²) in [6.45, 7) is 6.58. The van der Waals surface area contributed by atoms with Crippen LogP contribution in [0, 0.1) is 12.8 Å². The van der Waals surface area contributed by atoms with E-state index < -0.39 is 0 Å². The van der Waals surface area contributed by atoms with Crippen molar-refractivity contribution in [2.45, 2.75) is 32.7 Å². The van der Waals surface area contributed by atoms with Gasteiger partial charge < -0.3 is 15.3 Å². The minimum atomic E-state index is 0.366. The van der Waals surface area contributed by atoms with E-state index >= 15 is 0 Å². The summed E-state index contributed by atoms with van der Waals surface area (Å²) in [6, 6.07) is 6.19. The van der Waals surface area contributed by atoms with E-state index in [9.17, 15) is 5.11 Å². The average molecular weight is 248 g/mol. The second kappa shape index (κ2) is 5.61. The van der Waals surface area contributed by atoms with E-state index in [-0.39, 0.29) is 0 Å². The lowest BCUT2D eigenvalue weighted by molar-refractivity contribution is 0.197. The van der Waals surface area contributed by atoms with Gasteiger partial charge in [-0.3, -0.25) is 0 Å². The molecule has 2 atom stereocenters. The smallest absolute Gasteiger partial charge is 0.118 e. The molecule has 1 aliphatic heterocycles. The van der Waals surface area contributed by atoms with Crippen molar-refractivity contribution in [3.8, 4) is 5.75 Å². The molecule has 1 aromatic rings. The molecule has 1 aromatic carbocycles. The molecule has 2 N–H and O–H groups in total. The summed E-state index contributed by atoms with van der Waals surface area (Å²) in [5, 5.41) is 13.1. The SMILES string of the molecule is Cc1cc(NC(C)C2CCCN(C)C2)ccc1O. The highest BCUT2D eigenvalue weighted by molar-refractivity contribution is 5.50. The van der Waals surface area contributed by atoms with E-state index in [1.807, 2.05) is 19.1 Å². The summed E-state index contributed by atoms with van der Waals surface area (Å²) in [5.74, 6) is 1.07.